The van der Waals surface area contributed by atoms with Crippen molar-refractivity contribution >= 4 is 5.82 Å². The molecule has 1 aromatic heterocycles. The van der Waals surface area contributed by atoms with Gasteiger partial charge >= 0.3 is 0 Å². The summed E-state index contributed by atoms with van der Waals surface area (Å²) in [5, 5.41) is 3.09. The average Bonchev–Trinajstić information content (AvgIpc) is 2.43. The van der Waals surface area contributed by atoms with Gasteiger partial charge in [-0.3, -0.25) is 4.79 Å². The molecule has 0 aliphatic heterocycles. The fourth-order valence-corrected chi connectivity index (χ4v) is 2.12. The highest BCUT2D eigenvalue weighted by molar-refractivity contribution is 5.35. The molecule has 5 heteroatoms. The first-order valence-corrected chi connectivity index (χ1v) is 7.05. The summed E-state index contributed by atoms with van der Waals surface area (Å²) in [5.74, 6) is 0.422. The molecule has 0 spiro atoms. The van der Waals surface area contributed by atoms with Gasteiger partial charge in [-0.1, -0.05) is 26.0 Å². The topological polar surface area (TPSA) is 46.9 Å². The van der Waals surface area contributed by atoms with Crippen molar-refractivity contribution in [2.75, 3.05) is 5.32 Å². The Morgan fingerprint density at radius 3 is 2.52 bits per heavy atom. The minimum atomic E-state index is -0.275. The molecule has 0 fully saturated rings. The van der Waals surface area contributed by atoms with Crippen LogP contribution in [-0.4, -0.2) is 9.55 Å². The normalized spacial score (nSPS) is 12.4. The van der Waals surface area contributed by atoms with Crippen molar-refractivity contribution in [1.82, 2.24) is 9.55 Å². The van der Waals surface area contributed by atoms with Crippen LogP contribution >= 0.6 is 0 Å². The molecule has 2 rings (SSSR count). The Morgan fingerprint density at radius 2 is 1.90 bits per heavy atom. The molecule has 0 saturated carbocycles. The molecule has 1 heterocycles. The predicted molar refractivity (Wildman–Crippen MR) is 81.8 cm³/mol. The van der Waals surface area contributed by atoms with Gasteiger partial charge in [-0.25, -0.2) is 9.37 Å². The third kappa shape index (κ3) is 3.90. The Balaban J connectivity index is 2.19. The third-order valence-corrected chi connectivity index (χ3v) is 3.20. The molecule has 21 heavy (non-hydrogen) atoms. The molecular weight excluding hydrogens is 269 g/mol. The van der Waals surface area contributed by atoms with Crippen LogP contribution in [0.5, 0.6) is 0 Å². The molecular formula is C16H20FN3O. The highest BCUT2D eigenvalue weighted by Gasteiger charge is 2.11. The first-order valence-electron chi connectivity index (χ1n) is 7.05. The van der Waals surface area contributed by atoms with Crippen molar-refractivity contribution in [2.45, 2.75) is 33.4 Å². The fraction of sp³-hybridized carbons (Fsp3) is 0.375. The Morgan fingerprint density at radius 1 is 1.24 bits per heavy atom. The highest BCUT2D eigenvalue weighted by atomic mass is 19.1. The van der Waals surface area contributed by atoms with Crippen molar-refractivity contribution < 1.29 is 4.39 Å². The molecule has 112 valence electrons. The molecule has 1 N–H and O–H groups in total. The summed E-state index contributed by atoms with van der Waals surface area (Å²) in [6.45, 7) is 6.68. The van der Waals surface area contributed by atoms with E-state index in [9.17, 15) is 9.18 Å². The molecule has 0 aliphatic rings. The lowest BCUT2D eigenvalue weighted by molar-refractivity contribution is 0.509. The largest absolute Gasteiger partial charge is 0.359 e. The molecule has 0 bridgehead atoms. The number of nitrogens with zero attached hydrogens (tertiary/aromatic N) is 2. The SMILES string of the molecule is CC(C)Cn1ccnc(NC(C)c2ccc(F)cc2)c1=O. The van der Waals surface area contributed by atoms with Crippen molar-refractivity contribution in [1.29, 1.82) is 0 Å². The lowest BCUT2D eigenvalue weighted by Crippen LogP contribution is -2.26. The van der Waals surface area contributed by atoms with Gasteiger partial charge in [0.15, 0.2) is 5.82 Å². The summed E-state index contributed by atoms with van der Waals surface area (Å²) in [6, 6.07) is 6.08. The molecule has 0 saturated heterocycles. The number of benzene rings is 1. The number of halogens is 1. The number of rotatable bonds is 5. The van der Waals surface area contributed by atoms with E-state index in [0.717, 1.165) is 5.56 Å². The number of hydrogen-bond donors (Lipinski definition) is 1. The van der Waals surface area contributed by atoms with E-state index in [1.54, 1.807) is 29.1 Å². The zero-order chi connectivity index (χ0) is 15.4. The third-order valence-electron chi connectivity index (χ3n) is 3.20. The van der Waals surface area contributed by atoms with Crippen molar-refractivity contribution in [3.8, 4) is 0 Å². The predicted octanol–water partition coefficient (Wildman–Crippen LogP) is 3.21. The van der Waals surface area contributed by atoms with Gasteiger partial charge in [0.25, 0.3) is 5.56 Å². The maximum Gasteiger partial charge on any atom is 0.293 e. The van der Waals surface area contributed by atoms with Crippen LogP contribution in [0.3, 0.4) is 0 Å². The maximum absolute atomic E-state index is 12.9. The van der Waals surface area contributed by atoms with E-state index in [1.165, 1.54) is 12.1 Å². The van der Waals surface area contributed by atoms with E-state index >= 15 is 0 Å². The summed E-state index contributed by atoms with van der Waals surface area (Å²) >= 11 is 0. The Labute approximate surface area is 123 Å². The van der Waals surface area contributed by atoms with Gasteiger partial charge in [-0.05, 0) is 30.5 Å². The van der Waals surface area contributed by atoms with E-state index < -0.39 is 0 Å². The van der Waals surface area contributed by atoms with Gasteiger partial charge in [0.1, 0.15) is 5.82 Å². The summed E-state index contributed by atoms with van der Waals surface area (Å²) < 4.78 is 14.6. The van der Waals surface area contributed by atoms with Crippen molar-refractivity contribution in [3.05, 3.63) is 58.4 Å². The zero-order valence-corrected chi connectivity index (χ0v) is 12.5. The molecule has 2 aromatic rings. The van der Waals surface area contributed by atoms with E-state index in [1.807, 2.05) is 6.92 Å². The van der Waals surface area contributed by atoms with Crippen molar-refractivity contribution in [3.63, 3.8) is 0 Å². The second kappa shape index (κ2) is 6.52. The van der Waals surface area contributed by atoms with Gasteiger partial charge in [0.05, 0.1) is 6.04 Å². The number of nitrogens with one attached hydrogen (secondary N) is 1. The van der Waals surface area contributed by atoms with E-state index in [4.69, 9.17) is 0 Å². The van der Waals surface area contributed by atoms with Crippen LogP contribution in [0.4, 0.5) is 10.2 Å². The quantitative estimate of drug-likeness (QED) is 0.919. The lowest BCUT2D eigenvalue weighted by atomic mass is 10.1. The van der Waals surface area contributed by atoms with Crippen LogP contribution < -0.4 is 10.9 Å². The molecule has 0 radical (unpaired) electrons. The van der Waals surface area contributed by atoms with Crippen LogP contribution in [0.2, 0.25) is 0 Å². The lowest BCUT2D eigenvalue weighted by Gasteiger charge is -2.16. The summed E-state index contributed by atoms with van der Waals surface area (Å²) in [4.78, 5) is 16.4. The summed E-state index contributed by atoms with van der Waals surface area (Å²) in [6.07, 6.45) is 3.31. The average molecular weight is 289 g/mol. The zero-order valence-electron chi connectivity index (χ0n) is 12.5. The minimum absolute atomic E-state index is 0.124. The second-order valence-electron chi connectivity index (χ2n) is 5.54. The minimum Gasteiger partial charge on any atom is -0.359 e. The van der Waals surface area contributed by atoms with Gasteiger partial charge in [-0.15, -0.1) is 0 Å². The number of anilines is 1. The fourth-order valence-electron chi connectivity index (χ4n) is 2.12. The molecule has 4 nitrogen and oxygen atoms in total. The van der Waals surface area contributed by atoms with E-state index in [0.29, 0.717) is 18.3 Å². The van der Waals surface area contributed by atoms with E-state index in [-0.39, 0.29) is 17.4 Å². The van der Waals surface area contributed by atoms with Gasteiger partial charge in [0.2, 0.25) is 0 Å². The Bertz CT molecular complexity index is 649. The van der Waals surface area contributed by atoms with Gasteiger partial charge < -0.3 is 9.88 Å². The molecule has 0 amide bonds. The number of aromatic nitrogens is 2. The standard InChI is InChI=1S/C16H20FN3O/c1-11(2)10-20-9-8-18-15(16(20)21)19-12(3)13-4-6-14(17)7-5-13/h4-9,11-12H,10H2,1-3H3,(H,18,19). The highest BCUT2D eigenvalue weighted by Crippen LogP contribution is 2.16. The van der Waals surface area contributed by atoms with E-state index in [2.05, 4.69) is 24.1 Å². The van der Waals surface area contributed by atoms with Gasteiger partial charge in [-0.2, -0.15) is 0 Å². The van der Waals surface area contributed by atoms with Crippen molar-refractivity contribution in [2.24, 2.45) is 5.92 Å². The second-order valence-corrected chi connectivity index (χ2v) is 5.54. The Hall–Kier alpha value is -2.17. The molecule has 1 aromatic carbocycles. The molecule has 0 aliphatic carbocycles. The molecule has 1 unspecified atom stereocenters. The van der Waals surface area contributed by atoms with Gasteiger partial charge in [0, 0.05) is 18.9 Å². The van der Waals surface area contributed by atoms with Crippen LogP contribution in [0.15, 0.2) is 41.5 Å². The number of hydrogen-bond acceptors (Lipinski definition) is 3. The van der Waals surface area contributed by atoms with Crippen LogP contribution in [0.25, 0.3) is 0 Å². The van der Waals surface area contributed by atoms with Crippen LogP contribution in [0, 0.1) is 11.7 Å². The smallest absolute Gasteiger partial charge is 0.293 e. The summed E-state index contributed by atoms with van der Waals surface area (Å²) in [7, 11) is 0. The monoisotopic (exact) mass is 289 g/mol. The maximum atomic E-state index is 12.9. The summed E-state index contributed by atoms with van der Waals surface area (Å²) in [5.41, 5.74) is 0.761. The first kappa shape index (κ1) is 15.2. The Kier molecular flexibility index (Phi) is 4.73. The molecule has 1 atom stereocenters. The van der Waals surface area contributed by atoms with Crippen LogP contribution in [0.1, 0.15) is 32.4 Å². The van der Waals surface area contributed by atoms with Crippen LogP contribution in [-0.2, 0) is 6.54 Å². The first-order chi connectivity index (χ1) is 9.97.